The first-order valence-corrected chi connectivity index (χ1v) is 10.1. The van der Waals surface area contributed by atoms with Crippen molar-refractivity contribution < 1.29 is 4.79 Å². The Kier molecular flexibility index (Phi) is 4.62. The number of benzene rings is 1. The maximum Gasteiger partial charge on any atom is 0.223 e. The molecule has 1 aliphatic rings. The lowest BCUT2D eigenvalue weighted by molar-refractivity contribution is -0.130. The summed E-state index contributed by atoms with van der Waals surface area (Å²) < 4.78 is 0. The third kappa shape index (κ3) is 3.11. The molecule has 3 nitrogen and oxygen atoms in total. The Balaban J connectivity index is 1.72. The van der Waals surface area contributed by atoms with E-state index < -0.39 is 0 Å². The van der Waals surface area contributed by atoms with Gasteiger partial charge in [-0.3, -0.25) is 4.79 Å². The third-order valence-corrected chi connectivity index (χ3v) is 6.07. The van der Waals surface area contributed by atoms with Crippen LogP contribution in [-0.2, 0) is 11.2 Å². The number of aromatic nitrogens is 1. The minimum atomic E-state index is 0.125. The molecule has 0 aliphatic carbocycles. The molecule has 1 atom stereocenters. The van der Waals surface area contributed by atoms with Gasteiger partial charge in [0.2, 0.25) is 5.91 Å². The number of nitrogens with zero attached hydrogens (tertiary/aromatic N) is 1. The Morgan fingerprint density at radius 1 is 1.28 bits per heavy atom. The van der Waals surface area contributed by atoms with Crippen molar-refractivity contribution in [2.45, 2.75) is 38.5 Å². The highest BCUT2D eigenvalue weighted by molar-refractivity contribution is 7.08. The number of rotatable bonds is 5. The summed E-state index contributed by atoms with van der Waals surface area (Å²) in [6.07, 6.45) is 5.96. The molecule has 1 amide bonds. The predicted octanol–water partition coefficient (Wildman–Crippen LogP) is 4.94. The van der Waals surface area contributed by atoms with Gasteiger partial charge in [-0.05, 0) is 52.8 Å². The first-order valence-electron chi connectivity index (χ1n) is 9.16. The molecule has 1 unspecified atom stereocenters. The Labute approximate surface area is 152 Å². The number of para-hydroxylation sites is 1. The van der Waals surface area contributed by atoms with Crippen molar-refractivity contribution in [1.29, 1.82) is 0 Å². The number of amides is 1. The van der Waals surface area contributed by atoms with Gasteiger partial charge < -0.3 is 9.88 Å². The van der Waals surface area contributed by atoms with Crippen molar-refractivity contribution in [3.05, 3.63) is 57.9 Å². The number of H-pyrrole nitrogens is 1. The minimum Gasteiger partial charge on any atom is -0.361 e. The first-order chi connectivity index (χ1) is 12.3. The molecule has 4 heteroatoms. The summed E-state index contributed by atoms with van der Waals surface area (Å²) in [5, 5.41) is 5.55. The van der Waals surface area contributed by atoms with Crippen molar-refractivity contribution in [1.82, 2.24) is 9.88 Å². The molecule has 1 fully saturated rings. The molecule has 0 saturated carbocycles. The van der Waals surface area contributed by atoms with Crippen LogP contribution < -0.4 is 0 Å². The average molecular weight is 353 g/mol. The fraction of sp³-hybridized carbons (Fsp3) is 0.381. The van der Waals surface area contributed by atoms with Crippen LogP contribution in [0.25, 0.3) is 10.9 Å². The van der Waals surface area contributed by atoms with E-state index in [2.05, 4.69) is 53.1 Å². The van der Waals surface area contributed by atoms with Crippen LogP contribution in [-0.4, -0.2) is 28.9 Å². The Morgan fingerprint density at radius 3 is 2.84 bits per heavy atom. The Morgan fingerprint density at radius 2 is 2.12 bits per heavy atom. The molecule has 4 rings (SSSR count). The summed E-state index contributed by atoms with van der Waals surface area (Å²) in [5.74, 6) is 0.412. The number of likely N-dealkylation sites (tertiary alicyclic amines) is 1. The van der Waals surface area contributed by atoms with Gasteiger partial charge in [0.25, 0.3) is 0 Å². The van der Waals surface area contributed by atoms with E-state index in [4.69, 9.17) is 0 Å². The SMILES string of the molecule is CCc1cccc2c(C(CC(=O)N3CCCC3)c3ccsc3)c[nH]c12. The molecule has 0 bridgehead atoms. The third-order valence-electron chi connectivity index (χ3n) is 5.37. The average Bonchev–Trinajstić information content (AvgIpc) is 3.40. The van der Waals surface area contributed by atoms with Crippen molar-refractivity contribution in [2.24, 2.45) is 0 Å². The Hall–Kier alpha value is -2.07. The van der Waals surface area contributed by atoms with Gasteiger partial charge in [-0.1, -0.05) is 25.1 Å². The van der Waals surface area contributed by atoms with Crippen LogP contribution >= 0.6 is 11.3 Å². The molecule has 2 aromatic heterocycles. The number of carbonyl (C=O) groups excluding carboxylic acids is 1. The van der Waals surface area contributed by atoms with E-state index in [0.29, 0.717) is 6.42 Å². The number of fused-ring (bicyclic) bond motifs is 1. The van der Waals surface area contributed by atoms with Gasteiger partial charge in [0.05, 0.1) is 0 Å². The normalized spacial score (nSPS) is 15.8. The van der Waals surface area contributed by atoms with Gasteiger partial charge >= 0.3 is 0 Å². The van der Waals surface area contributed by atoms with Crippen LogP contribution in [0.15, 0.2) is 41.2 Å². The van der Waals surface area contributed by atoms with Gasteiger partial charge in [-0.15, -0.1) is 0 Å². The van der Waals surface area contributed by atoms with Crippen LogP contribution in [0.1, 0.15) is 48.8 Å². The lowest BCUT2D eigenvalue weighted by atomic mass is 9.89. The highest BCUT2D eigenvalue weighted by Crippen LogP contribution is 2.36. The van der Waals surface area contributed by atoms with Gasteiger partial charge in [0.1, 0.15) is 0 Å². The van der Waals surface area contributed by atoms with Crippen molar-refractivity contribution in [3.8, 4) is 0 Å². The molecule has 130 valence electrons. The summed E-state index contributed by atoms with van der Waals surface area (Å²) in [4.78, 5) is 18.3. The zero-order chi connectivity index (χ0) is 17.2. The van der Waals surface area contributed by atoms with Crippen molar-refractivity contribution in [2.75, 3.05) is 13.1 Å². The predicted molar refractivity (Wildman–Crippen MR) is 104 cm³/mol. The molecule has 25 heavy (non-hydrogen) atoms. The van der Waals surface area contributed by atoms with E-state index in [1.54, 1.807) is 11.3 Å². The van der Waals surface area contributed by atoms with E-state index in [0.717, 1.165) is 32.4 Å². The monoisotopic (exact) mass is 352 g/mol. The molecule has 1 aliphatic heterocycles. The Bertz CT molecular complexity index is 859. The number of thiophene rings is 1. The van der Waals surface area contributed by atoms with Crippen molar-refractivity contribution in [3.63, 3.8) is 0 Å². The molecule has 1 aromatic carbocycles. The van der Waals surface area contributed by atoms with E-state index >= 15 is 0 Å². The van der Waals surface area contributed by atoms with E-state index in [1.165, 1.54) is 27.6 Å². The molecule has 1 N–H and O–H groups in total. The highest BCUT2D eigenvalue weighted by Gasteiger charge is 2.26. The summed E-state index contributed by atoms with van der Waals surface area (Å²) in [6.45, 7) is 4.02. The number of aromatic amines is 1. The fourth-order valence-corrected chi connectivity index (χ4v) is 4.69. The lowest BCUT2D eigenvalue weighted by Gasteiger charge is -2.20. The molecule has 0 spiro atoms. The standard InChI is InChI=1S/C21H24N2OS/c1-2-15-6-5-7-17-19(13-22-21(15)17)18(16-8-11-25-14-16)12-20(24)23-9-3-4-10-23/h5-8,11,13-14,18,22H,2-4,9-10,12H2,1H3. The largest absolute Gasteiger partial charge is 0.361 e. The number of hydrogen-bond acceptors (Lipinski definition) is 2. The quantitative estimate of drug-likeness (QED) is 0.694. The maximum atomic E-state index is 12.8. The number of nitrogens with one attached hydrogen (secondary N) is 1. The van der Waals surface area contributed by atoms with Gasteiger partial charge in [-0.25, -0.2) is 0 Å². The first kappa shape index (κ1) is 16.4. The smallest absolute Gasteiger partial charge is 0.223 e. The van der Waals surface area contributed by atoms with E-state index in [1.807, 2.05) is 4.90 Å². The zero-order valence-electron chi connectivity index (χ0n) is 14.6. The van der Waals surface area contributed by atoms with Crippen LogP contribution in [0.4, 0.5) is 0 Å². The van der Waals surface area contributed by atoms with Crippen LogP contribution in [0.3, 0.4) is 0 Å². The molecule has 1 saturated heterocycles. The molecular weight excluding hydrogens is 328 g/mol. The molecule has 0 radical (unpaired) electrons. The molecule has 3 aromatic rings. The fourth-order valence-electron chi connectivity index (χ4n) is 3.97. The highest BCUT2D eigenvalue weighted by atomic mass is 32.1. The molecular formula is C21H24N2OS. The summed E-state index contributed by atoms with van der Waals surface area (Å²) in [5.41, 5.74) is 5.05. The van der Waals surface area contributed by atoms with Crippen LogP contribution in [0.2, 0.25) is 0 Å². The summed E-state index contributed by atoms with van der Waals surface area (Å²) in [7, 11) is 0. The summed E-state index contributed by atoms with van der Waals surface area (Å²) >= 11 is 1.70. The second kappa shape index (κ2) is 7.04. The second-order valence-electron chi connectivity index (χ2n) is 6.84. The van der Waals surface area contributed by atoms with E-state index in [9.17, 15) is 4.79 Å². The topological polar surface area (TPSA) is 36.1 Å². The number of aryl methyl sites for hydroxylation is 1. The maximum absolute atomic E-state index is 12.8. The van der Waals surface area contributed by atoms with Crippen LogP contribution in [0.5, 0.6) is 0 Å². The summed E-state index contributed by atoms with van der Waals surface area (Å²) in [6, 6.07) is 8.65. The van der Waals surface area contributed by atoms with Crippen LogP contribution in [0, 0.1) is 0 Å². The lowest BCUT2D eigenvalue weighted by Crippen LogP contribution is -2.29. The van der Waals surface area contributed by atoms with Gasteiger partial charge in [0.15, 0.2) is 0 Å². The number of hydrogen-bond donors (Lipinski definition) is 1. The van der Waals surface area contributed by atoms with E-state index in [-0.39, 0.29) is 11.8 Å². The minimum absolute atomic E-state index is 0.125. The van der Waals surface area contributed by atoms with Crippen molar-refractivity contribution >= 4 is 28.1 Å². The van der Waals surface area contributed by atoms with Gasteiger partial charge in [-0.2, -0.15) is 11.3 Å². The number of carbonyl (C=O) groups is 1. The zero-order valence-corrected chi connectivity index (χ0v) is 15.4. The molecule has 3 heterocycles. The second-order valence-corrected chi connectivity index (χ2v) is 7.62. The van der Waals surface area contributed by atoms with Gasteiger partial charge in [0, 0.05) is 42.5 Å².